The molecule has 1 unspecified atom stereocenters. The minimum Gasteiger partial charge on any atom is -0.349 e. The number of aryl methyl sites for hydroxylation is 2. The van der Waals surface area contributed by atoms with Crippen molar-refractivity contribution in [3.05, 3.63) is 47.5 Å². The van der Waals surface area contributed by atoms with Gasteiger partial charge in [0.15, 0.2) is 0 Å². The molecule has 2 aromatic rings. The van der Waals surface area contributed by atoms with Gasteiger partial charge in [-0.05, 0) is 25.0 Å². The Hall–Kier alpha value is -2.38. The average Bonchev–Trinajstić information content (AvgIpc) is 2.88. The van der Waals surface area contributed by atoms with Crippen LogP contribution in [-0.4, -0.2) is 26.7 Å². The second-order valence-corrected chi connectivity index (χ2v) is 5.48. The molecule has 1 aromatic heterocycles. The second-order valence-electron chi connectivity index (χ2n) is 5.48. The molecular formula is C15H15F3N4O. The van der Waals surface area contributed by atoms with E-state index < -0.39 is 17.6 Å². The molecule has 0 saturated carbocycles. The molecule has 0 spiro atoms. The first-order valence-electron chi connectivity index (χ1n) is 7.29. The van der Waals surface area contributed by atoms with Crippen LogP contribution in [0.2, 0.25) is 0 Å². The van der Waals surface area contributed by atoms with Crippen LogP contribution in [0.4, 0.5) is 13.2 Å². The van der Waals surface area contributed by atoms with Crippen molar-refractivity contribution in [3.63, 3.8) is 0 Å². The van der Waals surface area contributed by atoms with Crippen molar-refractivity contribution in [2.45, 2.75) is 38.0 Å². The lowest BCUT2D eigenvalue weighted by atomic mass is 10.0. The number of nitrogens with one attached hydrogen (secondary N) is 1. The van der Waals surface area contributed by atoms with E-state index in [0.29, 0.717) is 25.8 Å². The number of benzene rings is 1. The van der Waals surface area contributed by atoms with Gasteiger partial charge in [0.2, 0.25) is 0 Å². The number of amides is 1. The van der Waals surface area contributed by atoms with Crippen LogP contribution < -0.4 is 5.32 Å². The number of rotatable bonds is 2. The Morgan fingerprint density at radius 1 is 1.26 bits per heavy atom. The molecule has 0 radical (unpaired) electrons. The van der Waals surface area contributed by atoms with Gasteiger partial charge in [0, 0.05) is 19.0 Å². The minimum absolute atomic E-state index is 0.189. The summed E-state index contributed by atoms with van der Waals surface area (Å²) in [5, 5.41) is 10.5. The summed E-state index contributed by atoms with van der Waals surface area (Å²) in [6.45, 7) is 0.633. The molecule has 0 bridgehead atoms. The number of halogens is 3. The fraction of sp³-hybridized carbons (Fsp3) is 0.400. The predicted octanol–water partition coefficient (Wildman–Crippen LogP) is 2.43. The van der Waals surface area contributed by atoms with Crippen molar-refractivity contribution in [1.29, 1.82) is 0 Å². The number of hydrogen-bond donors (Lipinski definition) is 1. The molecule has 2 heterocycles. The number of carbonyl (C=O) groups is 1. The largest absolute Gasteiger partial charge is 0.417 e. The van der Waals surface area contributed by atoms with E-state index in [0.717, 1.165) is 11.9 Å². The highest BCUT2D eigenvalue weighted by Gasteiger charge is 2.35. The van der Waals surface area contributed by atoms with Gasteiger partial charge in [0.05, 0.1) is 11.1 Å². The number of aromatic nitrogens is 3. The molecule has 3 rings (SSSR count). The van der Waals surface area contributed by atoms with Crippen LogP contribution in [0.1, 0.15) is 34.6 Å². The Bertz CT molecular complexity index is 688. The molecule has 1 aliphatic heterocycles. The van der Waals surface area contributed by atoms with Gasteiger partial charge >= 0.3 is 6.18 Å². The first-order valence-corrected chi connectivity index (χ1v) is 7.29. The summed E-state index contributed by atoms with van der Waals surface area (Å²) in [6.07, 6.45) is -1.04. The molecule has 5 nitrogen and oxygen atoms in total. The third kappa shape index (κ3) is 3.35. The fourth-order valence-corrected chi connectivity index (χ4v) is 2.74. The van der Waals surface area contributed by atoms with Gasteiger partial charge in [-0.25, -0.2) is 0 Å². The molecule has 1 N–H and O–H groups in total. The van der Waals surface area contributed by atoms with Crippen molar-refractivity contribution in [2.75, 3.05) is 0 Å². The first-order chi connectivity index (χ1) is 10.9. The van der Waals surface area contributed by atoms with Gasteiger partial charge in [-0.3, -0.25) is 4.79 Å². The highest BCUT2D eigenvalue weighted by molar-refractivity contribution is 5.96. The van der Waals surface area contributed by atoms with Crippen molar-refractivity contribution in [1.82, 2.24) is 20.1 Å². The maximum Gasteiger partial charge on any atom is 0.417 e. The maximum absolute atomic E-state index is 13.0. The summed E-state index contributed by atoms with van der Waals surface area (Å²) in [4.78, 5) is 12.3. The average molecular weight is 324 g/mol. The third-order valence-corrected chi connectivity index (χ3v) is 3.94. The molecule has 122 valence electrons. The molecule has 8 heteroatoms. The smallest absolute Gasteiger partial charge is 0.349 e. The number of hydrogen-bond acceptors (Lipinski definition) is 3. The molecule has 0 saturated heterocycles. The Balaban J connectivity index is 1.72. The van der Waals surface area contributed by atoms with Gasteiger partial charge in [-0.15, -0.1) is 10.2 Å². The molecule has 1 amide bonds. The Kier molecular flexibility index (Phi) is 4.06. The lowest BCUT2D eigenvalue weighted by Gasteiger charge is -2.18. The van der Waals surface area contributed by atoms with Crippen LogP contribution >= 0.6 is 0 Å². The van der Waals surface area contributed by atoms with Crippen molar-refractivity contribution in [3.8, 4) is 0 Å². The summed E-state index contributed by atoms with van der Waals surface area (Å²) in [7, 11) is 0. The van der Waals surface area contributed by atoms with E-state index in [1.54, 1.807) is 6.33 Å². The highest BCUT2D eigenvalue weighted by atomic mass is 19.4. The molecule has 1 aliphatic rings. The zero-order valence-electron chi connectivity index (χ0n) is 12.2. The number of alkyl halides is 3. The maximum atomic E-state index is 13.0. The number of nitrogens with zero attached hydrogens (tertiary/aromatic N) is 3. The van der Waals surface area contributed by atoms with Crippen LogP contribution in [0.3, 0.4) is 0 Å². The number of carbonyl (C=O) groups excluding carboxylic acids is 1. The normalized spacial score (nSPS) is 18.1. The molecular weight excluding hydrogens is 309 g/mol. The van der Waals surface area contributed by atoms with E-state index in [1.807, 2.05) is 4.57 Å². The summed E-state index contributed by atoms with van der Waals surface area (Å²) in [6, 6.07) is 4.63. The monoisotopic (exact) mass is 324 g/mol. The van der Waals surface area contributed by atoms with Crippen LogP contribution in [0.25, 0.3) is 0 Å². The molecule has 1 atom stereocenters. The Morgan fingerprint density at radius 3 is 2.83 bits per heavy atom. The van der Waals surface area contributed by atoms with Gasteiger partial charge in [-0.2, -0.15) is 13.2 Å². The molecule has 23 heavy (non-hydrogen) atoms. The summed E-state index contributed by atoms with van der Waals surface area (Å²) < 4.78 is 40.9. The molecule has 1 aromatic carbocycles. The zero-order valence-corrected chi connectivity index (χ0v) is 12.2. The summed E-state index contributed by atoms with van der Waals surface area (Å²) in [5.74, 6) is 0.137. The van der Waals surface area contributed by atoms with Crippen LogP contribution in [0.5, 0.6) is 0 Å². The van der Waals surface area contributed by atoms with Crippen molar-refractivity contribution >= 4 is 5.91 Å². The lowest BCUT2D eigenvalue weighted by molar-refractivity contribution is -0.137. The fourth-order valence-electron chi connectivity index (χ4n) is 2.74. The Morgan fingerprint density at radius 2 is 2.04 bits per heavy atom. The van der Waals surface area contributed by atoms with Gasteiger partial charge in [0.1, 0.15) is 12.2 Å². The SMILES string of the molecule is O=C(NC1CCc2nncn2CC1)c1ccccc1C(F)(F)F. The zero-order chi connectivity index (χ0) is 16.4. The number of fused-ring (bicyclic) bond motifs is 1. The summed E-state index contributed by atoms with van der Waals surface area (Å²) >= 11 is 0. The highest BCUT2D eigenvalue weighted by Crippen LogP contribution is 2.31. The molecule has 0 aliphatic carbocycles. The standard InChI is InChI=1S/C15H15F3N4O/c16-15(17,18)12-4-2-1-3-11(12)14(23)20-10-5-6-13-21-19-9-22(13)8-7-10/h1-4,9-10H,5-8H2,(H,20,23). The van der Waals surface area contributed by atoms with E-state index >= 15 is 0 Å². The van der Waals surface area contributed by atoms with Crippen LogP contribution in [0.15, 0.2) is 30.6 Å². The van der Waals surface area contributed by atoms with Gasteiger partial charge < -0.3 is 9.88 Å². The van der Waals surface area contributed by atoms with E-state index in [1.165, 1.54) is 18.2 Å². The van der Waals surface area contributed by atoms with Gasteiger partial charge in [-0.1, -0.05) is 12.1 Å². The minimum atomic E-state index is -4.55. The van der Waals surface area contributed by atoms with Crippen LogP contribution in [0, 0.1) is 0 Å². The van der Waals surface area contributed by atoms with Crippen molar-refractivity contribution < 1.29 is 18.0 Å². The Labute approximate surface area is 130 Å². The van der Waals surface area contributed by atoms with Gasteiger partial charge in [0.25, 0.3) is 5.91 Å². The lowest BCUT2D eigenvalue weighted by Crippen LogP contribution is -2.36. The third-order valence-electron chi connectivity index (χ3n) is 3.94. The van der Waals surface area contributed by atoms with E-state index in [9.17, 15) is 18.0 Å². The molecule has 0 fully saturated rings. The first kappa shape index (κ1) is 15.5. The van der Waals surface area contributed by atoms with Crippen LogP contribution in [-0.2, 0) is 19.1 Å². The van der Waals surface area contributed by atoms with E-state index in [2.05, 4.69) is 15.5 Å². The second kappa shape index (κ2) is 6.02. The van der Waals surface area contributed by atoms with Crippen molar-refractivity contribution in [2.24, 2.45) is 0 Å². The topological polar surface area (TPSA) is 59.8 Å². The predicted molar refractivity (Wildman–Crippen MR) is 75.7 cm³/mol. The van der Waals surface area contributed by atoms with E-state index in [-0.39, 0.29) is 11.6 Å². The van der Waals surface area contributed by atoms with E-state index in [4.69, 9.17) is 0 Å². The summed E-state index contributed by atoms with van der Waals surface area (Å²) in [5.41, 5.74) is -1.26. The quantitative estimate of drug-likeness (QED) is 0.923.